The Kier molecular flexibility index (Phi) is 2.72. The summed E-state index contributed by atoms with van der Waals surface area (Å²) in [5.41, 5.74) is 1.72. The quantitative estimate of drug-likeness (QED) is 0.461. The topological polar surface area (TPSA) is 12.0 Å². The first kappa shape index (κ1) is 8.34. The van der Waals surface area contributed by atoms with Crippen LogP contribution in [0.15, 0.2) is 36.4 Å². The summed E-state index contributed by atoms with van der Waals surface area (Å²) in [6, 6.07) is 0. The molecule has 1 aliphatic rings. The molecule has 1 heterocycles. The van der Waals surface area contributed by atoms with Crippen LogP contribution in [0.5, 0.6) is 0 Å². The summed E-state index contributed by atoms with van der Waals surface area (Å²) in [6.45, 7) is 9.57. The molecule has 56 valence electrons. The van der Waals surface area contributed by atoms with Crippen LogP contribution >= 0.6 is 0 Å². The number of allylic oxidation sites excluding steroid dienone is 3. The van der Waals surface area contributed by atoms with Gasteiger partial charge in [0.25, 0.3) is 0 Å². The molecule has 1 saturated heterocycles. The first-order chi connectivity index (χ1) is 5.20. The molecule has 1 aliphatic heterocycles. The minimum atomic E-state index is 0.582. The average Bonchev–Trinajstić information content (AvgIpc) is 1.79. The van der Waals surface area contributed by atoms with E-state index in [1.54, 1.807) is 6.08 Å². The van der Waals surface area contributed by atoms with Crippen LogP contribution in [-0.2, 0) is 0 Å². The van der Waals surface area contributed by atoms with Gasteiger partial charge < -0.3 is 5.32 Å². The van der Waals surface area contributed by atoms with Crippen LogP contribution in [-0.4, -0.2) is 20.9 Å². The van der Waals surface area contributed by atoms with Crippen molar-refractivity contribution in [1.29, 1.82) is 0 Å². The highest BCUT2D eigenvalue weighted by atomic mass is 14.9. The normalized spacial score (nSPS) is 18.2. The fraction of sp³-hybridized carbons (Fsp3) is 0.333. The Labute approximate surface area is 69.3 Å². The Morgan fingerprint density at radius 3 is 2.36 bits per heavy atom. The predicted molar refractivity (Wildman–Crippen MR) is 49.5 cm³/mol. The number of hydrogen-bond donors (Lipinski definition) is 1. The van der Waals surface area contributed by atoms with Gasteiger partial charge in [-0.25, -0.2) is 0 Å². The van der Waals surface area contributed by atoms with E-state index in [4.69, 9.17) is 7.85 Å². The van der Waals surface area contributed by atoms with Gasteiger partial charge in [-0.1, -0.05) is 18.7 Å². The van der Waals surface area contributed by atoms with Crippen molar-refractivity contribution in [2.75, 3.05) is 13.1 Å². The maximum absolute atomic E-state index is 5.36. The molecular formula is C9H12BN. The van der Waals surface area contributed by atoms with Gasteiger partial charge in [-0.05, 0) is 5.57 Å². The lowest BCUT2D eigenvalue weighted by molar-refractivity contribution is 0.406. The van der Waals surface area contributed by atoms with Crippen molar-refractivity contribution in [3.63, 3.8) is 0 Å². The molecule has 11 heavy (non-hydrogen) atoms. The molecule has 0 saturated carbocycles. The van der Waals surface area contributed by atoms with Gasteiger partial charge in [0.05, 0.1) is 0 Å². The Balaban J connectivity index is 2.36. The highest BCUT2D eigenvalue weighted by Gasteiger charge is 2.17. The second-order valence-electron chi connectivity index (χ2n) is 2.84. The summed E-state index contributed by atoms with van der Waals surface area (Å²) < 4.78 is 0. The van der Waals surface area contributed by atoms with Crippen molar-refractivity contribution in [2.45, 2.75) is 0 Å². The summed E-state index contributed by atoms with van der Waals surface area (Å²) >= 11 is 0. The fourth-order valence-electron chi connectivity index (χ4n) is 0.901. The van der Waals surface area contributed by atoms with E-state index < -0.39 is 0 Å². The summed E-state index contributed by atoms with van der Waals surface area (Å²) in [7, 11) is 5.36. The molecule has 1 nitrogen and oxygen atoms in total. The van der Waals surface area contributed by atoms with Crippen molar-refractivity contribution in [3.8, 4) is 0 Å². The first-order valence-electron chi connectivity index (χ1n) is 3.72. The van der Waals surface area contributed by atoms with E-state index in [9.17, 15) is 0 Å². The van der Waals surface area contributed by atoms with Crippen molar-refractivity contribution >= 4 is 7.85 Å². The van der Waals surface area contributed by atoms with Crippen molar-refractivity contribution in [3.05, 3.63) is 36.4 Å². The first-order valence-corrected chi connectivity index (χ1v) is 3.72. The maximum atomic E-state index is 5.36. The predicted octanol–water partition coefficient (Wildman–Crippen LogP) is 1.00. The Bertz CT molecular complexity index is 202. The minimum absolute atomic E-state index is 0.582. The molecule has 0 atom stereocenters. The number of rotatable bonds is 3. The Morgan fingerprint density at radius 2 is 2.00 bits per heavy atom. The van der Waals surface area contributed by atoms with E-state index in [0.29, 0.717) is 11.4 Å². The van der Waals surface area contributed by atoms with Gasteiger partial charge in [-0.15, -0.1) is 12.1 Å². The lowest BCUT2D eigenvalue weighted by Gasteiger charge is -2.27. The molecule has 0 unspecified atom stereocenters. The van der Waals surface area contributed by atoms with E-state index in [-0.39, 0.29) is 0 Å². The molecule has 0 spiro atoms. The van der Waals surface area contributed by atoms with Gasteiger partial charge in [0.15, 0.2) is 0 Å². The van der Waals surface area contributed by atoms with E-state index in [2.05, 4.69) is 18.5 Å². The third-order valence-electron chi connectivity index (χ3n) is 1.82. The van der Waals surface area contributed by atoms with Gasteiger partial charge in [0.1, 0.15) is 7.85 Å². The third-order valence-corrected chi connectivity index (χ3v) is 1.82. The van der Waals surface area contributed by atoms with Crippen LogP contribution in [0.3, 0.4) is 0 Å². The van der Waals surface area contributed by atoms with Crippen LogP contribution < -0.4 is 5.32 Å². The number of hydrogen-bond acceptors (Lipinski definition) is 1. The molecular weight excluding hydrogens is 133 g/mol. The van der Waals surface area contributed by atoms with Crippen molar-refractivity contribution < 1.29 is 0 Å². The van der Waals surface area contributed by atoms with Crippen LogP contribution in [0.25, 0.3) is 0 Å². The summed E-state index contributed by atoms with van der Waals surface area (Å²) in [5.74, 6) is 0.602. The second kappa shape index (κ2) is 3.58. The van der Waals surface area contributed by atoms with E-state index in [1.165, 1.54) is 0 Å². The highest BCUT2D eigenvalue weighted by Crippen LogP contribution is 2.14. The van der Waals surface area contributed by atoms with Gasteiger partial charge in [0.2, 0.25) is 0 Å². The molecule has 0 aromatic carbocycles. The SMILES string of the molecule is [B]C(=C)/C=C\C(=C)C1CNC1. The number of nitrogens with one attached hydrogen (secondary N) is 1. The van der Waals surface area contributed by atoms with Crippen LogP contribution in [0.4, 0.5) is 0 Å². The average molecular weight is 145 g/mol. The standard InChI is InChI=1S/C9H12BN/c1-7(3-4-8(2)10)9-5-11-6-9/h3-4,9,11H,1-2,5-6H2/b4-3-. The van der Waals surface area contributed by atoms with Crippen LogP contribution in [0, 0.1) is 5.92 Å². The van der Waals surface area contributed by atoms with Crippen molar-refractivity contribution in [1.82, 2.24) is 5.32 Å². The maximum Gasteiger partial charge on any atom is 0.112 e. The van der Waals surface area contributed by atoms with E-state index >= 15 is 0 Å². The minimum Gasteiger partial charge on any atom is -0.315 e. The molecule has 0 amide bonds. The summed E-state index contributed by atoms with van der Waals surface area (Å²) in [6.07, 6.45) is 3.73. The Morgan fingerprint density at radius 1 is 1.36 bits per heavy atom. The van der Waals surface area contributed by atoms with Crippen LogP contribution in [0.2, 0.25) is 0 Å². The fourth-order valence-corrected chi connectivity index (χ4v) is 0.901. The molecule has 2 radical (unpaired) electrons. The molecule has 1 N–H and O–H groups in total. The zero-order chi connectivity index (χ0) is 8.27. The highest BCUT2D eigenvalue weighted by molar-refractivity contribution is 6.23. The smallest absolute Gasteiger partial charge is 0.112 e. The monoisotopic (exact) mass is 145 g/mol. The molecule has 1 rings (SSSR count). The van der Waals surface area contributed by atoms with Gasteiger partial charge in [-0.3, -0.25) is 0 Å². The second-order valence-corrected chi connectivity index (χ2v) is 2.84. The zero-order valence-corrected chi connectivity index (χ0v) is 6.64. The largest absolute Gasteiger partial charge is 0.315 e. The molecule has 2 heteroatoms. The summed E-state index contributed by atoms with van der Waals surface area (Å²) in [4.78, 5) is 0. The van der Waals surface area contributed by atoms with E-state index in [0.717, 1.165) is 18.7 Å². The Hall–Kier alpha value is -0.755. The molecule has 0 aromatic heterocycles. The summed E-state index contributed by atoms with van der Waals surface area (Å²) in [5, 5.41) is 3.18. The van der Waals surface area contributed by atoms with E-state index in [1.807, 2.05) is 6.08 Å². The molecule has 0 aromatic rings. The lowest BCUT2D eigenvalue weighted by atomic mass is 9.91. The van der Waals surface area contributed by atoms with Gasteiger partial charge >= 0.3 is 0 Å². The molecule has 0 aliphatic carbocycles. The van der Waals surface area contributed by atoms with Gasteiger partial charge in [-0.2, -0.15) is 0 Å². The molecule has 1 fully saturated rings. The van der Waals surface area contributed by atoms with Crippen molar-refractivity contribution in [2.24, 2.45) is 5.92 Å². The molecule has 0 bridgehead atoms. The zero-order valence-electron chi connectivity index (χ0n) is 6.64. The third kappa shape index (κ3) is 2.39. The lowest BCUT2D eigenvalue weighted by Crippen LogP contribution is -2.42. The van der Waals surface area contributed by atoms with Gasteiger partial charge in [0, 0.05) is 19.0 Å². The van der Waals surface area contributed by atoms with Crippen LogP contribution in [0.1, 0.15) is 0 Å².